The fourth-order valence-corrected chi connectivity index (χ4v) is 2.15. The number of hydrogen-bond acceptors (Lipinski definition) is 4. The summed E-state index contributed by atoms with van der Waals surface area (Å²) < 4.78 is 0. The number of benzene rings is 1. The van der Waals surface area contributed by atoms with Crippen LogP contribution in [-0.2, 0) is 4.79 Å². The third-order valence-electron chi connectivity index (χ3n) is 1.85. The molecular weight excluding hydrogens is 230 g/mol. The van der Waals surface area contributed by atoms with Crippen molar-refractivity contribution in [3.05, 3.63) is 34.4 Å². The lowest BCUT2D eigenvalue weighted by molar-refractivity contribution is -0.384. The van der Waals surface area contributed by atoms with Gasteiger partial charge in [-0.2, -0.15) is 0 Å². The maximum absolute atomic E-state index is 10.4. The van der Waals surface area contributed by atoms with Crippen molar-refractivity contribution in [2.24, 2.45) is 0 Å². The van der Waals surface area contributed by atoms with Crippen LogP contribution in [0, 0.1) is 10.1 Å². The van der Waals surface area contributed by atoms with Crippen LogP contribution < -0.4 is 0 Å². The van der Waals surface area contributed by atoms with Gasteiger partial charge in [0.2, 0.25) is 0 Å². The third-order valence-corrected chi connectivity index (χ3v) is 2.96. The largest absolute Gasteiger partial charge is 0.481 e. The van der Waals surface area contributed by atoms with Crippen LogP contribution in [0.25, 0.3) is 0 Å². The topological polar surface area (TPSA) is 80.4 Å². The molecule has 1 aromatic carbocycles. The van der Waals surface area contributed by atoms with E-state index in [0.29, 0.717) is 0 Å². The van der Waals surface area contributed by atoms with E-state index in [9.17, 15) is 14.9 Å². The highest BCUT2D eigenvalue weighted by molar-refractivity contribution is 8.00. The molecule has 1 N–H and O–H groups in total. The van der Waals surface area contributed by atoms with Crippen LogP contribution in [0.2, 0.25) is 0 Å². The molecule has 0 aromatic heterocycles. The second-order valence-electron chi connectivity index (χ2n) is 3.28. The van der Waals surface area contributed by atoms with Crippen LogP contribution in [0.4, 0.5) is 5.69 Å². The van der Waals surface area contributed by atoms with Crippen molar-refractivity contribution in [3.63, 3.8) is 0 Å². The zero-order valence-electron chi connectivity index (χ0n) is 8.62. The molecule has 0 bridgehead atoms. The molecule has 16 heavy (non-hydrogen) atoms. The summed E-state index contributed by atoms with van der Waals surface area (Å²) in [5.41, 5.74) is 0.0373. The molecule has 0 aliphatic rings. The van der Waals surface area contributed by atoms with Crippen LogP contribution in [0.1, 0.15) is 13.3 Å². The van der Waals surface area contributed by atoms with Gasteiger partial charge in [-0.3, -0.25) is 14.9 Å². The lowest BCUT2D eigenvalue weighted by atomic mass is 10.3. The number of nitrogens with zero attached hydrogens (tertiary/aromatic N) is 1. The van der Waals surface area contributed by atoms with Crippen molar-refractivity contribution in [1.29, 1.82) is 0 Å². The van der Waals surface area contributed by atoms with E-state index in [1.807, 2.05) is 0 Å². The zero-order chi connectivity index (χ0) is 12.1. The molecule has 1 atom stereocenters. The lowest BCUT2D eigenvalue weighted by Gasteiger charge is -2.07. The van der Waals surface area contributed by atoms with Crippen molar-refractivity contribution in [2.45, 2.75) is 23.5 Å². The number of rotatable bonds is 5. The smallest absolute Gasteiger partial charge is 0.304 e. The summed E-state index contributed by atoms with van der Waals surface area (Å²) in [5.74, 6) is -0.845. The van der Waals surface area contributed by atoms with E-state index in [2.05, 4.69) is 0 Å². The van der Waals surface area contributed by atoms with E-state index in [1.54, 1.807) is 19.1 Å². The number of aliphatic carboxylic acids is 1. The number of nitro groups is 1. The first kappa shape index (κ1) is 12.5. The Morgan fingerprint density at radius 1 is 1.50 bits per heavy atom. The minimum Gasteiger partial charge on any atom is -0.481 e. The lowest BCUT2D eigenvalue weighted by Crippen LogP contribution is -2.05. The molecular formula is C10H11NO4S. The van der Waals surface area contributed by atoms with Gasteiger partial charge in [0.1, 0.15) is 0 Å². The van der Waals surface area contributed by atoms with E-state index in [4.69, 9.17) is 5.11 Å². The molecule has 0 saturated carbocycles. The number of carboxylic acid groups (broad SMARTS) is 1. The quantitative estimate of drug-likeness (QED) is 0.486. The average Bonchev–Trinajstić information content (AvgIpc) is 2.16. The van der Waals surface area contributed by atoms with Gasteiger partial charge >= 0.3 is 5.97 Å². The predicted molar refractivity (Wildman–Crippen MR) is 60.7 cm³/mol. The Balaban J connectivity index is 2.61. The molecule has 0 saturated heterocycles. The monoisotopic (exact) mass is 241 g/mol. The standard InChI is InChI=1S/C10H11NO4S/c1-7(6-10(12)13)16-9-4-2-8(3-5-9)11(14)15/h2-5,7H,6H2,1H3,(H,12,13). The van der Waals surface area contributed by atoms with Gasteiger partial charge in [-0.15, -0.1) is 11.8 Å². The molecule has 5 nitrogen and oxygen atoms in total. The third kappa shape index (κ3) is 3.90. The fourth-order valence-electron chi connectivity index (χ4n) is 1.17. The maximum Gasteiger partial charge on any atom is 0.304 e. The molecule has 0 heterocycles. The highest BCUT2D eigenvalue weighted by atomic mass is 32.2. The minimum atomic E-state index is -0.845. The molecule has 0 spiro atoms. The number of nitro benzene ring substituents is 1. The van der Waals surface area contributed by atoms with Gasteiger partial charge in [0.05, 0.1) is 11.3 Å². The SMILES string of the molecule is CC(CC(=O)O)Sc1ccc([N+](=O)[O-])cc1. The average molecular weight is 241 g/mol. The van der Waals surface area contributed by atoms with Gasteiger partial charge in [0.25, 0.3) is 5.69 Å². The summed E-state index contributed by atoms with van der Waals surface area (Å²) in [6.07, 6.45) is 0.0711. The highest BCUT2D eigenvalue weighted by Crippen LogP contribution is 2.26. The van der Waals surface area contributed by atoms with Crippen LogP contribution >= 0.6 is 11.8 Å². The second-order valence-corrected chi connectivity index (χ2v) is 4.79. The maximum atomic E-state index is 10.4. The van der Waals surface area contributed by atoms with E-state index < -0.39 is 10.9 Å². The Morgan fingerprint density at radius 3 is 2.50 bits per heavy atom. The first-order chi connectivity index (χ1) is 7.49. The molecule has 0 aliphatic carbocycles. The first-order valence-corrected chi connectivity index (χ1v) is 5.50. The van der Waals surface area contributed by atoms with E-state index >= 15 is 0 Å². The van der Waals surface area contributed by atoms with Crippen LogP contribution in [-0.4, -0.2) is 21.2 Å². The number of thioether (sulfide) groups is 1. The van der Waals surface area contributed by atoms with Crippen molar-refractivity contribution in [1.82, 2.24) is 0 Å². The van der Waals surface area contributed by atoms with Gasteiger partial charge in [0.15, 0.2) is 0 Å². The summed E-state index contributed by atoms with van der Waals surface area (Å²) in [4.78, 5) is 21.2. The molecule has 1 aromatic rings. The van der Waals surface area contributed by atoms with Gasteiger partial charge in [-0.25, -0.2) is 0 Å². The number of hydrogen-bond donors (Lipinski definition) is 1. The zero-order valence-corrected chi connectivity index (χ0v) is 9.44. The molecule has 1 unspecified atom stereocenters. The summed E-state index contributed by atoms with van der Waals surface area (Å²) in [7, 11) is 0. The van der Waals surface area contributed by atoms with Crippen molar-refractivity contribution in [3.8, 4) is 0 Å². The van der Waals surface area contributed by atoms with Gasteiger partial charge < -0.3 is 5.11 Å². The van der Waals surface area contributed by atoms with Gasteiger partial charge in [-0.05, 0) is 12.1 Å². The van der Waals surface area contributed by atoms with Crippen LogP contribution in [0.5, 0.6) is 0 Å². The molecule has 86 valence electrons. The molecule has 0 aliphatic heterocycles. The van der Waals surface area contributed by atoms with E-state index in [1.165, 1.54) is 23.9 Å². The number of non-ortho nitro benzene ring substituents is 1. The first-order valence-electron chi connectivity index (χ1n) is 4.62. The minimum absolute atomic E-state index is 0.0373. The Kier molecular flexibility index (Phi) is 4.30. The van der Waals surface area contributed by atoms with E-state index in [-0.39, 0.29) is 17.4 Å². The Hall–Kier alpha value is -1.56. The Morgan fingerprint density at radius 2 is 2.06 bits per heavy atom. The van der Waals surface area contributed by atoms with Gasteiger partial charge in [-0.1, -0.05) is 6.92 Å². The summed E-state index contributed by atoms with van der Waals surface area (Å²) >= 11 is 1.39. The Bertz CT molecular complexity index is 390. The normalized spacial score (nSPS) is 12.1. The van der Waals surface area contributed by atoms with Gasteiger partial charge in [0, 0.05) is 22.3 Å². The summed E-state index contributed by atoms with van der Waals surface area (Å²) in [6, 6.07) is 6.08. The molecule has 6 heteroatoms. The molecule has 1 rings (SSSR count). The Labute approximate surface area is 96.6 Å². The second kappa shape index (κ2) is 5.50. The fraction of sp³-hybridized carbons (Fsp3) is 0.300. The molecule has 0 fully saturated rings. The number of carboxylic acids is 1. The highest BCUT2D eigenvalue weighted by Gasteiger charge is 2.10. The van der Waals surface area contributed by atoms with Crippen LogP contribution in [0.3, 0.4) is 0 Å². The summed E-state index contributed by atoms with van der Waals surface area (Å²) in [5, 5.41) is 18.9. The molecule has 0 radical (unpaired) electrons. The number of carbonyl (C=O) groups is 1. The summed E-state index contributed by atoms with van der Waals surface area (Å²) in [6.45, 7) is 1.81. The van der Waals surface area contributed by atoms with Crippen molar-refractivity contribution in [2.75, 3.05) is 0 Å². The van der Waals surface area contributed by atoms with Crippen molar-refractivity contribution >= 4 is 23.4 Å². The van der Waals surface area contributed by atoms with Crippen LogP contribution in [0.15, 0.2) is 29.2 Å². The van der Waals surface area contributed by atoms with Crippen molar-refractivity contribution < 1.29 is 14.8 Å². The van der Waals surface area contributed by atoms with E-state index in [0.717, 1.165) is 4.90 Å². The molecule has 0 amide bonds. The predicted octanol–water partition coefficient (Wildman–Crippen LogP) is 2.55.